The molecule has 0 atom stereocenters. The molecule has 0 spiro atoms. The van der Waals surface area contributed by atoms with E-state index >= 15 is 0 Å². The van der Waals surface area contributed by atoms with Gasteiger partial charge in [0.25, 0.3) is 0 Å². The lowest BCUT2D eigenvalue weighted by molar-refractivity contribution is -0.129. The van der Waals surface area contributed by atoms with Crippen LogP contribution in [0.2, 0.25) is 0 Å². The van der Waals surface area contributed by atoms with Gasteiger partial charge in [0.15, 0.2) is 0 Å². The van der Waals surface area contributed by atoms with Crippen molar-refractivity contribution in [2.75, 3.05) is 18.6 Å². The molecule has 2 aromatic carbocycles. The van der Waals surface area contributed by atoms with Crippen molar-refractivity contribution in [2.24, 2.45) is 0 Å². The van der Waals surface area contributed by atoms with E-state index in [9.17, 15) is 14.7 Å². The summed E-state index contributed by atoms with van der Waals surface area (Å²) >= 11 is 0. The Kier molecular flexibility index (Phi) is 4.37. The van der Waals surface area contributed by atoms with E-state index in [2.05, 4.69) is 0 Å². The number of phenols is 1. The number of carbonyl (C=O) groups excluding carboxylic acids is 2. The Balaban J connectivity index is 1.80. The van der Waals surface area contributed by atoms with Gasteiger partial charge in [-0.05, 0) is 29.8 Å². The van der Waals surface area contributed by atoms with E-state index in [-0.39, 0.29) is 30.7 Å². The number of urea groups is 1. The van der Waals surface area contributed by atoms with Crippen molar-refractivity contribution in [3.63, 3.8) is 0 Å². The van der Waals surface area contributed by atoms with Crippen LogP contribution in [0.4, 0.5) is 10.5 Å². The molecule has 1 heterocycles. The molecule has 0 aromatic heterocycles. The lowest BCUT2D eigenvalue weighted by Crippen LogP contribution is -2.52. The maximum Gasteiger partial charge on any atom is 0.331 e. The van der Waals surface area contributed by atoms with E-state index in [0.717, 1.165) is 11.3 Å². The third kappa shape index (κ3) is 3.17. The number of rotatable bonds is 4. The SMILES string of the molecule is COc1ccc(CN2C(=O)CCN(c3cccc(O)c3)C2=O)cc1. The zero-order chi connectivity index (χ0) is 17.1. The van der Waals surface area contributed by atoms with Gasteiger partial charge in [-0.15, -0.1) is 0 Å². The van der Waals surface area contributed by atoms with Gasteiger partial charge in [-0.3, -0.25) is 14.6 Å². The van der Waals surface area contributed by atoms with Gasteiger partial charge in [0.05, 0.1) is 13.7 Å². The smallest absolute Gasteiger partial charge is 0.331 e. The first-order chi connectivity index (χ1) is 11.6. The molecule has 0 unspecified atom stereocenters. The fourth-order valence-electron chi connectivity index (χ4n) is 2.66. The zero-order valence-corrected chi connectivity index (χ0v) is 13.3. The molecule has 0 radical (unpaired) electrons. The van der Waals surface area contributed by atoms with Crippen LogP contribution in [0.1, 0.15) is 12.0 Å². The van der Waals surface area contributed by atoms with Crippen LogP contribution in [0.3, 0.4) is 0 Å². The number of hydrogen-bond acceptors (Lipinski definition) is 4. The van der Waals surface area contributed by atoms with Gasteiger partial charge in [0.1, 0.15) is 11.5 Å². The average molecular weight is 326 g/mol. The molecule has 1 aliphatic heterocycles. The third-order valence-corrected chi connectivity index (χ3v) is 3.95. The van der Waals surface area contributed by atoms with E-state index in [0.29, 0.717) is 12.2 Å². The van der Waals surface area contributed by atoms with Crippen LogP contribution in [0.25, 0.3) is 0 Å². The summed E-state index contributed by atoms with van der Waals surface area (Å²) in [6.07, 6.45) is 0.248. The first-order valence-electron chi connectivity index (χ1n) is 7.62. The van der Waals surface area contributed by atoms with Crippen LogP contribution in [-0.2, 0) is 11.3 Å². The fraction of sp³-hybridized carbons (Fsp3) is 0.222. The molecule has 124 valence electrons. The van der Waals surface area contributed by atoms with Gasteiger partial charge < -0.3 is 9.84 Å². The molecule has 6 nitrogen and oxygen atoms in total. The largest absolute Gasteiger partial charge is 0.508 e. The Morgan fingerprint density at radius 3 is 2.54 bits per heavy atom. The van der Waals surface area contributed by atoms with E-state index < -0.39 is 0 Å². The van der Waals surface area contributed by atoms with Crippen molar-refractivity contribution >= 4 is 17.6 Å². The van der Waals surface area contributed by atoms with Crippen LogP contribution < -0.4 is 9.64 Å². The molecule has 0 aliphatic carbocycles. The number of phenolic OH excluding ortho intramolecular Hbond substituents is 1. The van der Waals surface area contributed by atoms with E-state index in [4.69, 9.17) is 4.74 Å². The summed E-state index contributed by atoms with van der Waals surface area (Å²) in [5, 5.41) is 9.60. The van der Waals surface area contributed by atoms with Gasteiger partial charge in [0.2, 0.25) is 5.91 Å². The predicted octanol–water partition coefficient (Wildman–Crippen LogP) is 2.76. The van der Waals surface area contributed by atoms with Crippen molar-refractivity contribution in [2.45, 2.75) is 13.0 Å². The van der Waals surface area contributed by atoms with Crippen LogP contribution in [0, 0.1) is 0 Å². The van der Waals surface area contributed by atoms with E-state index in [1.54, 1.807) is 31.4 Å². The molecule has 1 saturated heterocycles. The molecule has 1 fully saturated rings. The zero-order valence-electron chi connectivity index (χ0n) is 13.3. The van der Waals surface area contributed by atoms with Crippen molar-refractivity contribution in [3.8, 4) is 11.5 Å². The second-order valence-corrected chi connectivity index (χ2v) is 5.53. The Morgan fingerprint density at radius 1 is 1.12 bits per heavy atom. The van der Waals surface area contributed by atoms with Gasteiger partial charge in [-0.1, -0.05) is 18.2 Å². The monoisotopic (exact) mass is 326 g/mol. The number of methoxy groups -OCH3 is 1. The molecular weight excluding hydrogens is 308 g/mol. The maximum atomic E-state index is 12.7. The number of benzene rings is 2. The molecule has 3 rings (SSSR count). The third-order valence-electron chi connectivity index (χ3n) is 3.95. The predicted molar refractivity (Wildman–Crippen MR) is 89.0 cm³/mol. The van der Waals surface area contributed by atoms with E-state index in [1.165, 1.54) is 21.9 Å². The van der Waals surface area contributed by atoms with E-state index in [1.807, 2.05) is 12.1 Å². The molecule has 3 amide bonds. The summed E-state index contributed by atoms with van der Waals surface area (Å²) < 4.78 is 5.11. The first-order valence-corrected chi connectivity index (χ1v) is 7.62. The molecule has 1 N–H and O–H groups in total. The number of anilines is 1. The second-order valence-electron chi connectivity index (χ2n) is 5.53. The molecule has 0 bridgehead atoms. The minimum Gasteiger partial charge on any atom is -0.508 e. The summed E-state index contributed by atoms with van der Waals surface area (Å²) in [5.41, 5.74) is 1.42. The molecule has 6 heteroatoms. The number of aromatic hydroxyl groups is 1. The Hall–Kier alpha value is -3.02. The normalized spacial score (nSPS) is 14.9. The van der Waals surface area contributed by atoms with Crippen molar-refractivity contribution in [1.82, 2.24) is 4.90 Å². The van der Waals surface area contributed by atoms with Gasteiger partial charge in [-0.2, -0.15) is 0 Å². The molecule has 24 heavy (non-hydrogen) atoms. The fourth-order valence-corrected chi connectivity index (χ4v) is 2.66. The number of ether oxygens (including phenoxy) is 1. The summed E-state index contributed by atoms with van der Waals surface area (Å²) in [6, 6.07) is 13.3. The number of imide groups is 1. The minimum atomic E-state index is -0.382. The Bertz CT molecular complexity index is 758. The van der Waals surface area contributed by atoms with Gasteiger partial charge >= 0.3 is 6.03 Å². The number of hydrogen-bond donors (Lipinski definition) is 1. The summed E-state index contributed by atoms with van der Waals surface area (Å²) in [7, 11) is 1.58. The van der Waals surface area contributed by atoms with Crippen LogP contribution in [-0.4, -0.2) is 35.6 Å². The van der Waals surface area contributed by atoms with Crippen LogP contribution >= 0.6 is 0 Å². The minimum absolute atomic E-state index is 0.0823. The lowest BCUT2D eigenvalue weighted by atomic mass is 10.1. The van der Waals surface area contributed by atoms with Crippen molar-refractivity contribution in [1.29, 1.82) is 0 Å². The number of amides is 3. The summed E-state index contributed by atoms with van der Waals surface area (Å²) in [5.74, 6) is 0.600. The lowest BCUT2D eigenvalue weighted by Gasteiger charge is -2.34. The highest BCUT2D eigenvalue weighted by Crippen LogP contribution is 2.25. The number of carbonyl (C=O) groups is 2. The molecule has 0 saturated carbocycles. The second kappa shape index (κ2) is 6.62. The Labute approximate surface area is 139 Å². The average Bonchev–Trinajstić information content (AvgIpc) is 2.59. The van der Waals surface area contributed by atoms with Crippen molar-refractivity contribution in [3.05, 3.63) is 54.1 Å². The van der Waals surface area contributed by atoms with Crippen molar-refractivity contribution < 1.29 is 19.4 Å². The summed E-state index contributed by atoms with van der Waals surface area (Å²) in [4.78, 5) is 27.6. The Morgan fingerprint density at radius 2 is 1.88 bits per heavy atom. The molecule has 2 aromatic rings. The maximum absolute atomic E-state index is 12.7. The quantitative estimate of drug-likeness (QED) is 0.938. The topological polar surface area (TPSA) is 70.1 Å². The first kappa shape index (κ1) is 15.9. The van der Waals surface area contributed by atoms with Crippen LogP contribution in [0.5, 0.6) is 11.5 Å². The highest BCUT2D eigenvalue weighted by molar-refractivity contribution is 6.05. The van der Waals surface area contributed by atoms with Gasteiger partial charge in [0, 0.05) is 24.7 Å². The van der Waals surface area contributed by atoms with Crippen LogP contribution in [0.15, 0.2) is 48.5 Å². The molecule has 1 aliphatic rings. The number of nitrogens with zero attached hydrogens (tertiary/aromatic N) is 2. The summed E-state index contributed by atoms with van der Waals surface area (Å²) in [6.45, 7) is 0.511. The molecular formula is C18H18N2O4. The van der Waals surface area contributed by atoms with Gasteiger partial charge in [-0.25, -0.2) is 4.79 Å². The highest BCUT2D eigenvalue weighted by Gasteiger charge is 2.32. The highest BCUT2D eigenvalue weighted by atomic mass is 16.5. The standard InChI is InChI=1S/C18H18N2O4/c1-24-16-7-5-13(6-8-16)12-20-17(22)9-10-19(18(20)23)14-3-2-4-15(21)11-14/h2-8,11,21H,9-10,12H2,1H3.